The Morgan fingerprint density at radius 1 is 1.44 bits per heavy atom. The van der Waals surface area contributed by atoms with Crippen molar-refractivity contribution >= 4 is 27.5 Å². The van der Waals surface area contributed by atoms with Crippen molar-refractivity contribution in [2.75, 3.05) is 18.4 Å². The lowest BCUT2D eigenvalue weighted by Gasteiger charge is -2.09. The van der Waals surface area contributed by atoms with E-state index in [4.69, 9.17) is 0 Å². The lowest BCUT2D eigenvalue weighted by atomic mass is 10.3. The summed E-state index contributed by atoms with van der Waals surface area (Å²) in [7, 11) is 0. The van der Waals surface area contributed by atoms with Gasteiger partial charge < -0.3 is 10.6 Å². The summed E-state index contributed by atoms with van der Waals surface area (Å²) in [6, 6.07) is 1.88. The molecule has 0 saturated carbocycles. The Labute approximate surface area is 100 Å². The minimum atomic E-state index is -0.740. The molecule has 0 aliphatic carbocycles. The molecule has 0 aliphatic rings. The van der Waals surface area contributed by atoms with E-state index < -0.39 is 11.6 Å². The highest BCUT2D eigenvalue weighted by Gasteiger charge is 2.10. The van der Waals surface area contributed by atoms with Crippen molar-refractivity contribution in [1.82, 2.24) is 5.32 Å². The lowest BCUT2D eigenvalue weighted by molar-refractivity contribution is -0.119. The molecule has 0 spiro atoms. The van der Waals surface area contributed by atoms with Crippen molar-refractivity contribution in [1.29, 1.82) is 0 Å². The molecule has 1 rings (SSSR count). The van der Waals surface area contributed by atoms with Gasteiger partial charge in [0.25, 0.3) is 0 Å². The van der Waals surface area contributed by atoms with E-state index in [1.807, 2.05) is 0 Å². The van der Waals surface area contributed by atoms with E-state index >= 15 is 0 Å². The Balaban J connectivity index is 2.70. The van der Waals surface area contributed by atoms with Crippen molar-refractivity contribution in [2.45, 2.75) is 6.92 Å². The average molecular weight is 293 g/mol. The standard InChI is InChI=1S/C10H11BrF2N2O/c1-2-14-9(16)5-15-10-7(11)3-6(12)4-8(10)13/h3-4,15H,2,5H2,1H3,(H,14,16). The number of benzene rings is 1. The highest BCUT2D eigenvalue weighted by Crippen LogP contribution is 2.26. The van der Waals surface area contributed by atoms with Crippen molar-refractivity contribution in [2.24, 2.45) is 0 Å². The van der Waals surface area contributed by atoms with Gasteiger partial charge in [0.05, 0.1) is 12.2 Å². The lowest BCUT2D eigenvalue weighted by Crippen LogP contribution is -2.29. The van der Waals surface area contributed by atoms with Crippen LogP contribution in [0, 0.1) is 11.6 Å². The topological polar surface area (TPSA) is 41.1 Å². The second kappa shape index (κ2) is 5.79. The number of halogens is 3. The van der Waals surface area contributed by atoms with E-state index in [9.17, 15) is 13.6 Å². The molecule has 0 atom stereocenters. The van der Waals surface area contributed by atoms with E-state index in [1.54, 1.807) is 6.92 Å². The monoisotopic (exact) mass is 292 g/mol. The molecular formula is C10H11BrF2N2O. The fourth-order valence-electron chi connectivity index (χ4n) is 1.14. The van der Waals surface area contributed by atoms with Crippen molar-refractivity contribution in [3.8, 4) is 0 Å². The molecule has 0 radical (unpaired) electrons. The van der Waals surface area contributed by atoms with Crippen molar-refractivity contribution in [3.05, 3.63) is 28.2 Å². The molecule has 1 amide bonds. The summed E-state index contributed by atoms with van der Waals surface area (Å²) in [5, 5.41) is 5.15. The van der Waals surface area contributed by atoms with Crippen LogP contribution >= 0.6 is 15.9 Å². The molecule has 0 saturated heterocycles. The van der Waals surface area contributed by atoms with Gasteiger partial charge in [0, 0.05) is 17.1 Å². The molecule has 0 fully saturated rings. The molecule has 88 valence electrons. The molecule has 0 bridgehead atoms. The third-order valence-corrected chi connectivity index (χ3v) is 2.43. The quantitative estimate of drug-likeness (QED) is 0.894. The molecule has 6 heteroatoms. The number of hydrogen-bond donors (Lipinski definition) is 2. The highest BCUT2D eigenvalue weighted by molar-refractivity contribution is 9.10. The van der Waals surface area contributed by atoms with Crippen LogP contribution in [0.4, 0.5) is 14.5 Å². The first-order chi connectivity index (χ1) is 7.54. The predicted molar refractivity (Wildman–Crippen MR) is 61.2 cm³/mol. The zero-order valence-electron chi connectivity index (χ0n) is 8.61. The van der Waals surface area contributed by atoms with E-state index in [0.717, 1.165) is 12.1 Å². The molecule has 0 aliphatic heterocycles. The summed E-state index contributed by atoms with van der Waals surface area (Å²) in [4.78, 5) is 11.1. The number of likely N-dealkylation sites (N-methyl/N-ethyl adjacent to an activating group) is 1. The maximum atomic E-state index is 13.3. The summed E-state index contributed by atoms with van der Waals surface area (Å²) >= 11 is 3.01. The average Bonchev–Trinajstić information content (AvgIpc) is 2.16. The molecule has 0 unspecified atom stereocenters. The normalized spacial score (nSPS) is 10.0. The van der Waals surface area contributed by atoms with Crippen LogP contribution < -0.4 is 10.6 Å². The first-order valence-corrected chi connectivity index (χ1v) is 5.49. The van der Waals surface area contributed by atoms with Crippen LogP contribution in [0.15, 0.2) is 16.6 Å². The Bertz CT molecular complexity index is 375. The molecule has 1 aromatic rings. The van der Waals surface area contributed by atoms with Crippen molar-refractivity contribution < 1.29 is 13.6 Å². The summed E-state index contributed by atoms with van der Waals surface area (Å²) in [6.45, 7) is 2.23. The summed E-state index contributed by atoms with van der Waals surface area (Å²) in [5.74, 6) is -1.66. The largest absolute Gasteiger partial charge is 0.373 e. The van der Waals surface area contributed by atoms with Gasteiger partial charge in [-0.25, -0.2) is 8.78 Å². The fraction of sp³-hybridized carbons (Fsp3) is 0.300. The maximum Gasteiger partial charge on any atom is 0.239 e. The molecule has 1 aromatic carbocycles. The minimum absolute atomic E-state index is 0.0605. The number of amides is 1. The minimum Gasteiger partial charge on any atom is -0.373 e. The molecule has 0 aromatic heterocycles. The number of anilines is 1. The van der Waals surface area contributed by atoms with Gasteiger partial charge in [-0.2, -0.15) is 0 Å². The molecule has 3 nitrogen and oxygen atoms in total. The Hall–Kier alpha value is -1.17. The van der Waals surface area contributed by atoms with Gasteiger partial charge >= 0.3 is 0 Å². The Kier molecular flexibility index (Phi) is 4.67. The number of hydrogen-bond acceptors (Lipinski definition) is 2. The fourth-order valence-corrected chi connectivity index (χ4v) is 1.69. The second-order valence-electron chi connectivity index (χ2n) is 3.05. The summed E-state index contributed by atoms with van der Waals surface area (Å²) < 4.78 is 26.3. The van der Waals surface area contributed by atoms with Crippen molar-refractivity contribution in [3.63, 3.8) is 0 Å². The predicted octanol–water partition coefficient (Wildman–Crippen LogP) is 2.28. The van der Waals surface area contributed by atoms with Gasteiger partial charge in [-0.15, -0.1) is 0 Å². The second-order valence-corrected chi connectivity index (χ2v) is 3.91. The number of rotatable bonds is 4. The number of carbonyl (C=O) groups excluding carboxylic acids is 1. The molecular weight excluding hydrogens is 282 g/mol. The van der Waals surface area contributed by atoms with Gasteiger partial charge in [0.1, 0.15) is 11.6 Å². The van der Waals surface area contributed by atoms with Crippen LogP contribution in [0.25, 0.3) is 0 Å². The third-order valence-electron chi connectivity index (χ3n) is 1.81. The van der Waals surface area contributed by atoms with Crippen LogP contribution in [0.5, 0.6) is 0 Å². The van der Waals surface area contributed by atoms with E-state index in [2.05, 4.69) is 26.6 Å². The zero-order valence-corrected chi connectivity index (χ0v) is 10.2. The van der Waals surface area contributed by atoms with Crippen LogP contribution in [0.3, 0.4) is 0 Å². The smallest absolute Gasteiger partial charge is 0.239 e. The number of nitrogens with one attached hydrogen (secondary N) is 2. The SMILES string of the molecule is CCNC(=O)CNc1c(F)cc(F)cc1Br. The van der Waals surface area contributed by atoms with E-state index in [1.165, 1.54) is 0 Å². The van der Waals surface area contributed by atoms with Gasteiger partial charge in [-0.1, -0.05) is 0 Å². The first-order valence-electron chi connectivity index (χ1n) is 4.69. The molecule has 2 N–H and O–H groups in total. The molecule has 16 heavy (non-hydrogen) atoms. The maximum absolute atomic E-state index is 13.3. The third kappa shape index (κ3) is 3.44. The highest BCUT2D eigenvalue weighted by atomic mass is 79.9. The van der Waals surface area contributed by atoms with Gasteiger partial charge in [0.15, 0.2) is 0 Å². The summed E-state index contributed by atoms with van der Waals surface area (Å²) in [6.07, 6.45) is 0. The van der Waals surface area contributed by atoms with Gasteiger partial charge in [0.2, 0.25) is 5.91 Å². The van der Waals surface area contributed by atoms with Crippen LogP contribution in [-0.4, -0.2) is 19.0 Å². The Morgan fingerprint density at radius 2 is 2.12 bits per heavy atom. The van der Waals surface area contributed by atoms with E-state index in [-0.39, 0.29) is 22.6 Å². The number of carbonyl (C=O) groups is 1. The van der Waals surface area contributed by atoms with Gasteiger partial charge in [-0.3, -0.25) is 4.79 Å². The zero-order chi connectivity index (χ0) is 12.1. The first kappa shape index (κ1) is 12.9. The molecule has 0 heterocycles. The van der Waals surface area contributed by atoms with Crippen LogP contribution in [0.1, 0.15) is 6.92 Å². The Morgan fingerprint density at radius 3 is 2.69 bits per heavy atom. The summed E-state index contributed by atoms with van der Waals surface area (Å²) in [5.41, 5.74) is 0.0765. The van der Waals surface area contributed by atoms with Crippen LogP contribution in [0.2, 0.25) is 0 Å². The van der Waals surface area contributed by atoms with E-state index in [0.29, 0.717) is 6.54 Å². The van der Waals surface area contributed by atoms with Gasteiger partial charge in [-0.05, 0) is 28.9 Å². The van der Waals surface area contributed by atoms with Crippen LogP contribution in [-0.2, 0) is 4.79 Å².